The number of hydrogen-bond donors (Lipinski definition) is 0. The van der Waals surface area contributed by atoms with Gasteiger partial charge < -0.3 is 0 Å². The second-order valence-corrected chi connectivity index (χ2v) is 2.40. The van der Waals surface area contributed by atoms with Crippen molar-refractivity contribution >= 4 is 5.69 Å². The first-order valence-corrected chi connectivity index (χ1v) is 3.42. The topological polar surface area (TPSA) is 4.36 Å². The highest BCUT2D eigenvalue weighted by molar-refractivity contribution is 5.55. The minimum Gasteiger partial charge on any atom is -0.238 e. The summed E-state index contributed by atoms with van der Waals surface area (Å²) in [6, 6.07) is 4.35. The lowest BCUT2D eigenvalue weighted by atomic mass is 10.1. The summed E-state index contributed by atoms with van der Waals surface area (Å²) >= 11 is 0. The number of alkyl halides is 2. The first kappa shape index (κ1) is 8.66. The molecule has 1 nitrogen and oxygen atoms in total. The molecule has 0 aliphatic rings. The molecule has 1 aromatic carbocycles. The second kappa shape index (κ2) is 3.31. The Kier molecular flexibility index (Phi) is 2.39. The van der Waals surface area contributed by atoms with Crippen molar-refractivity contribution in [3.63, 3.8) is 0 Å². The van der Waals surface area contributed by atoms with Crippen molar-refractivity contribution in [2.75, 3.05) is 0 Å². The van der Waals surface area contributed by atoms with Gasteiger partial charge in [0.1, 0.15) is 0 Å². The maximum atomic E-state index is 12.2. The molecular formula is C9H7F2N. The van der Waals surface area contributed by atoms with E-state index < -0.39 is 6.43 Å². The van der Waals surface area contributed by atoms with E-state index in [1.165, 1.54) is 25.1 Å². The summed E-state index contributed by atoms with van der Waals surface area (Å²) < 4.78 is 24.5. The zero-order chi connectivity index (χ0) is 9.14. The number of hydrogen-bond acceptors (Lipinski definition) is 0. The van der Waals surface area contributed by atoms with Crippen molar-refractivity contribution in [2.45, 2.75) is 13.3 Å². The van der Waals surface area contributed by atoms with E-state index in [0.717, 1.165) is 0 Å². The number of halogens is 2. The summed E-state index contributed by atoms with van der Waals surface area (Å²) in [5, 5.41) is 0. The van der Waals surface area contributed by atoms with E-state index >= 15 is 0 Å². The van der Waals surface area contributed by atoms with Gasteiger partial charge in [-0.15, -0.1) is 0 Å². The van der Waals surface area contributed by atoms with Crippen molar-refractivity contribution < 1.29 is 8.78 Å². The molecule has 0 unspecified atom stereocenters. The Morgan fingerprint density at radius 2 is 2.08 bits per heavy atom. The zero-order valence-electron chi connectivity index (χ0n) is 6.51. The summed E-state index contributed by atoms with van der Waals surface area (Å²) in [5.41, 5.74) is 0.624. The Labute approximate surface area is 69.5 Å². The average molecular weight is 167 g/mol. The van der Waals surface area contributed by atoms with Gasteiger partial charge in [0.25, 0.3) is 6.43 Å². The minimum atomic E-state index is -2.49. The highest BCUT2D eigenvalue weighted by atomic mass is 19.3. The maximum Gasteiger partial charge on any atom is 0.262 e. The summed E-state index contributed by atoms with van der Waals surface area (Å²) in [7, 11) is 0. The lowest BCUT2D eigenvalue weighted by Crippen LogP contribution is -1.88. The van der Waals surface area contributed by atoms with Crippen LogP contribution in [0.4, 0.5) is 14.5 Å². The molecule has 1 rings (SSSR count). The Hall–Kier alpha value is -1.43. The molecule has 0 aromatic heterocycles. The summed E-state index contributed by atoms with van der Waals surface area (Å²) in [6.45, 7) is 8.24. The fourth-order valence-corrected chi connectivity index (χ4v) is 0.998. The Bertz CT molecular complexity index is 326. The lowest BCUT2D eigenvalue weighted by molar-refractivity contribution is 0.150. The zero-order valence-corrected chi connectivity index (χ0v) is 6.51. The van der Waals surface area contributed by atoms with Crippen LogP contribution in [-0.2, 0) is 0 Å². The quantitative estimate of drug-likeness (QED) is 0.564. The van der Waals surface area contributed by atoms with E-state index in [1.807, 2.05) is 0 Å². The molecule has 62 valence electrons. The standard InChI is InChI=1S/C9H7F2N/c1-6-7(9(10)11)4-3-5-8(6)12-2/h3-5,9H,1H3. The van der Waals surface area contributed by atoms with Crippen LogP contribution >= 0.6 is 0 Å². The summed E-state index contributed by atoms with van der Waals surface area (Å²) in [6.07, 6.45) is -2.49. The third-order valence-electron chi connectivity index (χ3n) is 1.70. The monoisotopic (exact) mass is 167 g/mol. The van der Waals surface area contributed by atoms with Gasteiger partial charge in [0, 0.05) is 5.56 Å². The molecule has 0 bridgehead atoms. The van der Waals surface area contributed by atoms with Gasteiger partial charge in [-0.25, -0.2) is 13.6 Å². The van der Waals surface area contributed by atoms with Crippen LogP contribution in [0.5, 0.6) is 0 Å². The molecule has 0 atom stereocenters. The average Bonchev–Trinajstić information content (AvgIpc) is 2.04. The van der Waals surface area contributed by atoms with Crippen molar-refractivity contribution in [1.29, 1.82) is 0 Å². The van der Waals surface area contributed by atoms with Gasteiger partial charge in [-0.3, -0.25) is 0 Å². The summed E-state index contributed by atoms with van der Waals surface area (Å²) in [4.78, 5) is 3.13. The van der Waals surface area contributed by atoms with Crippen LogP contribution in [0.15, 0.2) is 18.2 Å². The second-order valence-electron chi connectivity index (χ2n) is 2.40. The molecule has 0 N–H and O–H groups in total. The van der Waals surface area contributed by atoms with Crippen LogP contribution in [0.1, 0.15) is 17.6 Å². The third kappa shape index (κ3) is 1.42. The molecule has 0 heterocycles. The van der Waals surface area contributed by atoms with Gasteiger partial charge >= 0.3 is 0 Å². The molecule has 0 saturated heterocycles. The molecule has 0 spiro atoms. The van der Waals surface area contributed by atoms with Crippen molar-refractivity contribution in [2.24, 2.45) is 0 Å². The number of rotatable bonds is 1. The van der Waals surface area contributed by atoms with Crippen molar-refractivity contribution in [1.82, 2.24) is 0 Å². The van der Waals surface area contributed by atoms with Gasteiger partial charge in [0.2, 0.25) is 0 Å². The summed E-state index contributed by atoms with van der Waals surface area (Å²) in [5.74, 6) is 0. The largest absolute Gasteiger partial charge is 0.262 e. The molecule has 1 aromatic rings. The first-order chi connectivity index (χ1) is 5.66. The van der Waals surface area contributed by atoms with E-state index in [9.17, 15) is 8.78 Å². The normalized spacial score (nSPS) is 9.92. The van der Waals surface area contributed by atoms with Crippen molar-refractivity contribution in [3.05, 3.63) is 40.7 Å². The maximum absolute atomic E-state index is 12.2. The van der Waals surface area contributed by atoms with Gasteiger partial charge in [-0.05, 0) is 12.5 Å². The highest BCUT2D eigenvalue weighted by Gasteiger charge is 2.11. The molecule has 12 heavy (non-hydrogen) atoms. The molecule has 3 heteroatoms. The SMILES string of the molecule is [C-]#[N+]c1cccc(C(F)F)c1C. The Balaban J connectivity index is 3.25. The number of nitrogens with zero attached hydrogens (tertiary/aromatic N) is 1. The van der Waals surface area contributed by atoms with Gasteiger partial charge in [-0.1, -0.05) is 18.2 Å². The molecule has 0 amide bonds. The fraction of sp³-hybridized carbons (Fsp3) is 0.222. The Morgan fingerprint density at radius 3 is 2.58 bits per heavy atom. The van der Waals surface area contributed by atoms with Crippen LogP contribution in [0, 0.1) is 13.5 Å². The van der Waals surface area contributed by atoms with E-state index in [2.05, 4.69) is 4.85 Å². The smallest absolute Gasteiger partial charge is 0.238 e. The van der Waals surface area contributed by atoms with Crippen LogP contribution in [-0.4, -0.2) is 0 Å². The first-order valence-electron chi connectivity index (χ1n) is 3.42. The predicted octanol–water partition coefficient (Wildman–Crippen LogP) is 3.48. The van der Waals surface area contributed by atoms with Gasteiger partial charge in [0.15, 0.2) is 5.69 Å². The van der Waals surface area contributed by atoms with Crippen LogP contribution < -0.4 is 0 Å². The molecular weight excluding hydrogens is 160 g/mol. The van der Waals surface area contributed by atoms with Crippen LogP contribution in [0.25, 0.3) is 4.85 Å². The van der Waals surface area contributed by atoms with E-state index in [1.54, 1.807) is 0 Å². The lowest BCUT2D eigenvalue weighted by Gasteiger charge is -2.04. The minimum absolute atomic E-state index is 0.0523. The van der Waals surface area contributed by atoms with Crippen LogP contribution in [0.2, 0.25) is 0 Å². The number of benzene rings is 1. The van der Waals surface area contributed by atoms with Gasteiger partial charge in [-0.2, -0.15) is 0 Å². The Morgan fingerprint density at radius 1 is 1.42 bits per heavy atom. The molecule has 0 radical (unpaired) electrons. The van der Waals surface area contributed by atoms with E-state index in [-0.39, 0.29) is 5.56 Å². The van der Waals surface area contributed by atoms with Crippen molar-refractivity contribution in [3.8, 4) is 0 Å². The van der Waals surface area contributed by atoms with E-state index in [0.29, 0.717) is 11.3 Å². The molecule has 0 fully saturated rings. The fourth-order valence-electron chi connectivity index (χ4n) is 0.998. The molecule has 0 aliphatic carbocycles. The van der Waals surface area contributed by atoms with Crippen LogP contribution in [0.3, 0.4) is 0 Å². The van der Waals surface area contributed by atoms with E-state index in [4.69, 9.17) is 6.57 Å². The highest BCUT2D eigenvalue weighted by Crippen LogP contribution is 2.28. The molecule has 0 saturated carbocycles. The van der Waals surface area contributed by atoms with Gasteiger partial charge in [0.05, 0.1) is 6.57 Å². The molecule has 0 aliphatic heterocycles. The predicted molar refractivity (Wildman–Crippen MR) is 42.4 cm³/mol. The third-order valence-corrected chi connectivity index (χ3v) is 1.70.